The summed E-state index contributed by atoms with van der Waals surface area (Å²) < 4.78 is 53.9. The van der Waals surface area contributed by atoms with Gasteiger partial charge in [-0.05, 0) is 64.0 Å². The zero-order chi connectivity index (χ0) is 37.5. The summed E-state index contributed by atoms with van der Waals surface area (Å²) in [7, 11) is -3.92. The van der Waals surface area contributed by atoms with Gasteiger partial charge in [-0.3, -0.25) is 23.9 Å². The van der Waals surface area contributed by atoms with Crippen molar-refractivity contribution in [3.8, 4) is 5.88 Å². The molecule has 7 rings (SSSR count). The van der Waals surface area contributed by atoms with Crippen molar-refractivity contribution < 1.29 is 41.2 Å². The van der Waals surface area contributed by atoms with E-state index in [1.54, 1.807) is 13.0 Å². The molecule has 15 nitrogen and oxygen atoms in total. The van der Waals surface area contributed by atoms with Crippen LogP contribution in [0.25, 0.3) is 11.0 Å². The van der Waals surface area contributed by atoms with Gasteiger partial charge in [0, 0.05) is 18.4 Å². The lowest BCUT2D eigenvalue weighted by molar-refractivity contribution is -0.141. The molecule has 3 aromatic rings. The van der Waals surface area contributed by atoms with Crippen molar-refractivity contribution >= 4 is 44.7 Å². The highest BCUT2D eigenvalue weighted by molar-refractivity contribution is 7.91. The van der Waals surface area contributed by atoms with E-state index < -0.39 is 74.4 Å². The topological polar surface area (TPSA) is 203 Å². The molecule has 53 heavy (non-hydrogen) atoms. The second kappa shape index (κ2) is 14.5. The van der Waals surface area contributed by atoms with Gasteiger partial charge in [0.1, 0.15) is 40.7 Å². The second-order valence-electron chi connectivity index (χ2n) is 14.3. The van der Waals surface area contributed by atoms with E-state index in [9.17, 15) is 32.0 Å². The monoisotopic (exact) mass is 751 g/mol. The van der Waals surface area contributed by atoms with Gasteiger partial charge in [0.2, 0.25) is 27.7 Å². The third-order valence-electron chi connectivity index (χ3n) is 10.3. The number of hydrogen-bond donors (Lipinski definition) is 3. The number of fused-ring (bicyclic) bond motifs is 3. The van der Waals surface area contributed by atoms with Gasteiger partial charge in [0.25, 0.3) is 11.8 Å². The Kier molecular flexibility index (Phi) is 9.95. The van der Waals surface area contributed by atoms with Crippen molar-refractivity contribution in [2.45, 2.75) is 107 Å². The van der Waals surface area contributed by atoms with E-state index in [-0.39, 0.29) is 42.9 Å². The first-order valence-electron chi connectivity index (χ1n) is 18.1. The summed E-state index contributed by atoms with van der Waals surface area (Å²) in [4.78, 5) is 66.0. The number of sulfonamides is 1. The highest BCUT2D eigenvalue weighted by Crippen LogP contribution is 2.46. The van der Waals surface area contributed by atoms with Crippen LogP contribution in [0.4, 0.5) is 4.39 Å². The Morgan fingerprint density at radius 2 is 1.96 bits per heavy atom. The van der Waals surface area contributed by atoms with E-state index in [1.165, 1.54) is 23.1 Å². The van der Waals surface area contributed by atoms with Gasteiger partial charge in [0.05, 0.1) is 17.3 Å². The van der Waals surface area contributed by atoms with E-state index >= 15 is 0 Å². The van der Waals surface area contributed by atoms with Gasteiger partial charge < -0.3 is 24.8 Å². The highest BCUT2D eigenvalue weighted by Gasteiger charge is 2.62. The number of aryl methyl sites for hydroxylation is 2. The van der Waals surface area contributed by atoms with Crippen molar-refractivity contribution in [3.63, 3.8) is 0 Å². The molecule has 3 N–H and O–H groups in total. The second-order valence-corrected chi connectivity index (χ2v) is 16.2. The molecule has 2 aliphatic carbocycles. The quantitative estimate of drug-likeness (QED) is 0.286. The molecular formula is C36H42FN7O8S. The Bertz CT molecular complexity index is 2090. The van der Waals surface area contributed by atoms with Crippen LogP contribution in [-0.2, 0) is 30.8 Å². The third-order valence-corrected chi connectivity index (χ3v) is 12.1. The minimum Gasteiger partial charge on any atom is -0.471 e. The van der Waals surface area contributed by atoms with Crippen LogP contribution in [0.2, 0.25) is 0 Å². The molecule has 2 aliphatic heterocycles. The van der Waals surface area contributed by atoms with Crippen LogP contribution < -0.4 is 20.1 Å². The van der Waals surface area contributed by atoms with Gasteiger partial charge in [-0.2, -0.15) is 0 Å². The number of hydrogen-bond acceptors (Lipinski definition) is 11. The summed E-state index contributed by atoms with van der Waals surface area (Å²) in [6.45, 7) is 3.37. The molecule has 17 heteroatoms. The number of halogens is 1. The number of carbonyl (C=O) groups excluding carboxylic acids is 4. The van der Waals surface area contributed by atoms with Crippen LogP contribution in [0.1, 0.15) is 86.7 Å². The molecule has 5 atom stereocenters. The summed E-state index contributed by atoms with van der Waals surface area (Å²) in [5.74, 6) is -3.25. The maximum absolute atomic E-state index is 14.8. The molecule has 1 saturated heterocycles. The van der Waals surface area contributed by atoms with Crippen LogP contribution in [0.15, 0.2) is 40.9 Å². The van der Waals surface area contributed by atoms with Crippen molar-refractivity contribution in [1.29, 1.82) is 0 Å². The summed E-state index contributed by atoms with van der Waals surface area (Å²) in [5, 5.41) is 8.73. The maximum Gasteiger partial charge on any atom is 0.274 e. The standard InChI is InChI=1S/C36H42FN7O8S/c1-3-25-33(40-30-24(37)11-9-13-26(30)38-25)51-22-17-29-32(46)41-36(35(48)43-53(49,50)23-14-15-23)18-21(36)10-7-5-4-6-8-12-27(34(47)44(29)19-22)39-31(45)28-16-20(2)52-42-28/h7,9-11,13,16,21-23,27,29H,3-6,8,12,14-15,17-19H2,1-2H3,(H,39,45)(H,41,46)(H,43,48)/t21-,22-,27+,29+,36-/m1/s1. The number of rotatable bonds is 8. The number of benzene rings is 1. The maximum atomic E-state index is 14.8. The van der Waals surface area contributed by atoms with Gasteiger partial charge in [-0.1, -0.05) is 43.1 Å². The van der Waals surface area contributed by atoms with Gasteiger partial charge in [-0.25, -0.2) is 22.8 Å². The molecule has 0 unspecified atom stereocenters. The Hall–Kier alpha value is -4.93. The zero-order valence-electron chi connectivity index (χ0n) is 29.5. The summed E-state index contributed by atoms with van der Waals surface area (Å²) in [5.41, 5.74) is -0.732. The molecule has 0 bridgehead atoms. The zero-order valence-corrected chi connectivity index (χ0v) is 30.3. The van der Waals surface area contributed by atoms with Crippen LogP contribution in [0.3, 0.4) is 0 Å². The van der Waals surface area contributed by atoms with E-state index in [1.807, 2.05) is 19.1 Å². The smallest absolute Gasteiger partial charge is 0.274 e. The molecule has 282 valence electrons. The van der Waals surface area contributed by atoms with Crippen LogP contribution in [0.5, 0.6) is 5.88 Å². The summed E-state index contributed by atoms with van der Waals surface area (Å²) in [6, 6.07) is 3.65. The fourth-order valence-corrected chi connectivity index (χ4v) is 8.46. The molecule has 0 spiro atoms. The Balaban J connectivity index is 1.21. The number of carbonyl (C=O) groups is 4. The lowest BCUT2D eigenvalue weighted by atomic mass is 10.0. The Morgan fingerprint density at radius 1 is 1.15 bits per heavy atom. The first-order valence-corrected chi connectivity index (χ1v) is 19.6. The number of amides is 4. The number of para-hydroxylation sites is 1. The van der Waals surface area contributed by atoms with Gasteiger partial charge in [-0.15, -0.1) is 0 Å². The number of allylic oxidation sites excluding steroid dienone is 1. The highest BCUT2D eigenvalue weighted by atomic mass is 32.2. The predicted octanol–water partition coefficient (Wildman–Crippen LogP) is 2.78. The van der Waals surface area contributed by atoms with E-state index in [4.69, 9.17) is 9.26 Å². The number of nitrogens with one attached hydrogen (secondary N) is 3. The van der Waals surface area contributed by atoms with Crippen molar-refractivity contribution in [3.05, 3.63) is 59.4 Å². The fourth-order valence-electron chi connectivity index (χ4n) is 7.10. The van der Waals surface area contributed by atoms with Crippen LogP contribution in [-0.4, -0.2) is 87.6 Å². The number of ether oxygens (including phenoxy) is 1. The van der Waals surface area contributed by atoms with Crippen LogP contribution >= 0.6 is 0 Å². The summed E-state index contributed by atoms with van der Waals surface area (Å²) >= 11 is 0. The molecule has 4 aliphatic rings. The van der Waals surface area contributed by atoms with E-state index in [0.29, 0.717) is 49.1 Å². The molecule has 2 aromatic heterocycles. The Labute approximate surface area is 305 Å². The normalized spacial score (nSPS) is 26.5. The molecule has 2 saturated carbocycles. The van der Waals surface area contributed by atoms with Crippen LogP contribution in [0, 0.1) is 18.7 Å². The molecule has 1 aromatic carbocycles. The van der Waals surface area contributed by atoms with Gasteiger partial charge in [0.15, 0.2) is 11.5 Å². The SMILES string of the molecule is CCc1nc2cccc(F)c2nc1O[C@@H]1C[C@H]2C(=O)N[C@]3(C(=O)NS(=O)(=O)C4CC4)C[C@H]3C=CCCCCC[C@H](NC(=O)c3cc(C)on3)C(=O)N2C1. The number of aromatic nitrogens is 3. The molecule has 4 amide bonds. The fraction of sp³-hybridized carbons (Fsp3) is 0.528. The average molecular weight is 752 g/mol. The average Bonchev–Trinajstić information content (AvgIpc) is 4.01. The minimum absolute atomic E-state index is 0.00339. The largest absolute Gasteiger partial charge is 0.471 e. The van der Waals surface area contributed by atoms with Crippen molar-refractivity contribution in [2.24, 2.45) is 5.92 Å². The number of nitrogens with zero attached hydrogens (tertiary/aromatic N) is 4. The molecule has 3 fully saturated rings. The summed E-state index contributed by atoms with van der Waals surface area (Å²) in [6.07, 6.45) is 7.39. The first kappa shape index (κ1) is 36.4. The van der Waals surface area contributed by atoms with Gasteiger partial charge >= 0.3 is 0 Å². The minimum atomic E-state index is -3.92. The molecular weight excluding hydrogens is 710 g/mol. The molecule has 4 heterocycles. The van der Waals surface area contributed by atoms with Crippen molar-refractivity contribution in [1.82, 2.24) is 35.4 Å². The lowest BCUT2D eigenvalue weighted by Gasteiger charge is -2.29. The molecule has 0 radical (unpaired) electrons. The first-order chi connectivity index (χ1) is 25.4. The van der Waals surface area contributed by atoms with E-state index in [0.717, 1.165) is 12.8 Å². The van der Waals surface area contributed by atoms with E-state index in [2.05, 4.69) is 30.5 Å². The Morgan fingerprint density at radius 3 is 2.70 bits per heavy atom. The van der Waals surface area contributed by atoms with Crippen molar-refractivity contribution in [2.75, 3.05) is 6.54 Å². The lowest BCUT2D eigenvalue weighted by Crippen LogP contribution is -2.58. The predicted molar refractivity (Wildman–Crippen MR) is 187 cm³/mol. The third kappa shape index (κ3) is 7.61.